The highest BCUT2D eigenvalue weighted by molar-refractivity contribution is 5.86. The van der Waals surface area contributed by atoms with E-state index in [1.54, 1.807) is 0 Å². The predicted molar refractivity (Wildman–Crippen MR) is 89.0 cm³/mol. The Morgan fingerprint density at radius 3 is 2.96 bits per heavy atom. The van der Waals surface area contributed by atoms with Gasteiger partial charge < -0.3 is 8.83 Å². The topological polar surface area (TPSA) is 104 Å². The number of nitrogens with one attached hydrogen (secondary N) is 1. The van der Waals surface area contributed by atoms with Gasteiger partial charge in [-0.05, 0) is 18.2 Å². The molecule has 2 aromatic heterocycles. The molecule has 0 bridgehead atoms. The predicted octanol–water partition coefficient (Wildman–Crippen LogP) is 3.36. The Bertz CT molecular complexity index is 1060. The van der Waals surface area contributed by atoms with E-state index in [1.165, 1.54) is 24.6 Å². The van der Waals surface area contributed by atoms with E-state index in [9.17, 15) is 9.18 Å². The van der Waals surface area contributed by atoms with Crippen molar-refractivity contribution in [2.45, 2.75) is 19.8 Å². The van der Waals surface area contributed by atoms with Gasteiger partial charge in [0.2, 0.25) is 17.0 Å². The second-order valence-corrected chi connectivity index (χ2v) is 5.53. The van der Waals surface area contributed by atoms with E-state index in [-0.39, 0.29) is 34.0 Å². The van der Waals surface area contributed by atoms with Crippen LogP contribution in [0.25, 0.3) is 11.0 Å². The van der Waals surface area contributed by atoms with Gasteiger partial charge in [0.15, 0.2) is 0 Å². The number of anilines is 1. The minimum absolute atomic E-state index is 0.00839. The van der Waals surface area contributed by atoms with Gasteiger partial charge in [-0.3, -0.25) is 4.79 Å². The van der Waals surface area contributed by atoms with Crippen LogP contribution in [0.5, 0.6) is 0 Å². The second kappa shape index (κ2) is 6.57. The average molecular weight is 340 g/mol. The van der Waals surface area contributed by atoms with Gasteiger partial charge in [0.05, 0.1) is 17.2 Å². The van der Waals surface area contributed by atoms with Crippen molar-refractivity contribution in [1.82, 2.24) is 4.98 Å². The van der Waals surface area contributed by atoms with Crippen LogP contribution in [0.1, 0.15) is 36.9 Å². The molecular weight excluding hydrogens is 327 g/mol. The Balaban J connectivity index is 1.88. The van der Waals surface area contributed by atoms with Crippen molar-refractivity contribution < 1.29 is 13.2 Å². The Morgan fingerprint density at radius 2 is 2.24 bits per heavy atom. The lowest BCUT2D eigenvalue weighted by Crippen LogP contribution is -2.08. The first-order valence-corrected chi connectivity index (χ1v) is 7.40. The number of benzene rings is 1. The standard InChI is InChI=1S/C17H13FN4O3/c1-9(2)16-21-13(6-19)17(25-16)22-20-7-10-8-24-14-4-3-11(18)5-12(14)15(10)23/h3-5,7-9,22H,1-2H3. The van der Waals surface area contributed by atoms with Crippen LogP contribution >= 0.6 is 0 Å². The molecular formula is C17H13FN4O3. The summed E-state index contributed by atoms with van der Waals surface area (Å²) in [5.41, 5.74) is 2.57. The van der Waals surface area contributed by atoms with Crippen molar-refractivity contribution in [2.24, 2.45) is 5.10 Å². The first-order valence-electron chi connectivity index (χ1n) is 7.40. The summed E-state index contributed by atoms with van der Waals surface area (Å²) in [6.07, 6.45) is 2.42. The van der Waals surface area contributed by atoms with Crippen molar-refractivity contribution in [3.63, 3.8) is 0 Å². The summed E-state index contributed by atoms with van der Waals surface area (Å²) in [4.78, 5) is 16.3. The molecule has 0 amide bonds. The largest absolute Gasteiger partial charge is 0.463 e. The summed E-state index contributed by atoms with van der Waals surface area (Å²) in [5.74, 6) is -0.0452. The molecule has 3 aromatic rings. The average Bonchev–Trinajstić information content (AvgIpc) is 3.01. The fourth-order valence-electron chi connectivity index (χ4n) is 2.10. The van der Waals surface area contributed by atoms with Gasteiger partial charge in [-0.2, -0.15) is 10.4 Å². The zero-order valence-electron chi connectivity index (χ0n) is 13.4. The monoisotopic (exact) mass is 340 g/mol. The molecule has 0 saturated carbocycles. The fraction of sp³-hybridized carbons (Fsp3) is 0.176. The number of nitriles is 1. The van der Waals surface area contributed by atoms with Crippen LogP contribution in [0.4, 0.5) is 10.3 Å². The molecule has 8 heteroatoms. The van der Waals surface area contributed by atoms with E-state index >= 15 is 0 Å². The lowest BCUT2D eigenvalue weighted by molar-refractivity contribution is 0.481. The molecule has 0 aliphatic rings. The van der Waals surface area contributed by atoms with Gasteiger partial charge in [-0.1, -0.05) is 13.8 Å². The Labute approximate surface area is 141 Å². The molecule has 0 saturated heterocycles. The number of hydrazone groups is 1. The van der Waals surface area contributed by atoms with E-state index in [2.05, 4.69) is 15.5 Å². The van der Waals surface area contributed by atoms with E-state index in [1.807, 2.05) is 19.9 Å². The van der Waals surface area contributed by atoms with E-state index < -0.39 is 11.2 Å². The van der Waals surface area contributed by atoms with E-state index in [0.29, 0.717) is 5.89 Å². The summed E-state index contributed by atoms with van der Waals surface area (Å²) in [7, 11) is 0. The Hall–Kier alpha value is -3.47. The third-order valence-electron chi connectivity index (χ3n) is 3.37. The smallest absolute Gasteiger partial charge is 0.252 e. The summed E-state index contributed by atoms with van der Waals surface area (Å²) in [6.45, 7) is 3.75. The molecule has 0 fully saturated rings. The van der Waals surface area contributed by atoms with Crippen molar-refractivity contribution in [1.29, 1.82) is 5.26 Å². The van der Waals surface area contributed by atoms with Gasteiger partial charge >= 0.3 is 0 Å². The Kier molecular flexibility index (Phi) is 4.31. The van der Waals surface area contributed by atoms with Crippen molar-refractivity contribution in [3.8, 4) is 6.07 Å². The maximum Gasteiger partial charge on any atom is 0.252 e. The highest BCUT2D eigenvalue weighted by Crippen LogP contribution is 2.22. The van der Waals surface area contributed by atoms with Crippen molar-refractivity contribution >= 4 is 23.1 Å². The van der Waals surface area contributed by atoms with Crippen LogP contribution in [-0.4, -0.2) is 11.2 Å². The quantitative estimate of drug-likeness (QED) is 0.577. The molecule has 1 aromatic carbocycles. The van der Waals surface area contributed by atoms with Gasteiger partial charge in [-0.15, -0.1) is 0 Å². The zero-order valence-corrected chi connectivity index (χ0v) is 13.4. The normalized spacial score (nSPS) is 11.3. The first kappa shape index (κ1) is 16.4. The number of oxazole rings is 1. The summed E-state index contributed by atoms with van der Waals surface area (Å²) < 4.78 is 24.0. The van der Waals surface area contributed by atoms with Crippen molar-refractivity contribution in [3.05, 3.63) is 57.7 Å². The molecule has 126 valence electrons. The summed E-state index contributed by atoms with van der Waals surface area (Å²) in [6, 6.07) is 5.59. The fourth-order valence-corrected chi connectivity index (χ4v) is 2.10. The molecule has 2 heterocycles. The van der Waals surface area contributed by atoms with Crippen LogP contribution in [-0.2, 0) is 0 Å². The molecule has 0 aliphatic heterocycles. The highest BCUT2D eigenvalue weighted by atomic mass is 19.1. The summed E-state index contributed by atoms with van der Waals surface area (Å²) in [5, 5.41) is 13.0. The number of fused-ring (bicyclic) bond motifs is 1. The third-order valence-corrected chi connectivity index (χ3v) is 3.37. The molecule has 1 N–H and O–H groups in total. The lowest BCUT2D eigenvalue weighted by Gasteiger charge is -1.99. The number of rotatable bonds is 4. The number of aromatic nitrogens is 1. The number of hydrogen-bond donors (Lipinski definition) is 1. The molecule has 0 aliphatic carbocycles. The molecule has 7 nitrogen and oxygen atoms in total. The van der Waals surface area contributed by atoms with Gasteiger partial charge in [-0.25, -0.2) is 14.8 Å². The SMILES string of the molecule is CC(C)c1nc(C#N)c(NN=Cc2coc3ccc(F)cc3c2=O)o1. The summed E-state index contributed by atoms with van der Waals surface area (Å²) >= 11 is 0. The van der Waals surface area contributed by atoms with Crippen LogP contribution < -0.4 is 10.9 Å². The Morgan fingerprint density at radius 1 is 1.44 bits per heavy atom. The van der Waals surface area contributed by atoms with E-state index in [0.717, 1.165) is 6.07 Å². The maximum atomic E-state index is 13.3. The number of nitrogens with zero attached hydrogens (tertiary/aromatic N) is 3. The number of halogens is 1. The van der Waals surface area contributed by atoms with Gasteiger partial charge in [0, 0.05) is 5.92 Å². The zero-order chi connectivity index (χ0) is 18.0. The number of hydrogen-bond acceptors (Lipinski definition) is 7. The van der Waals surface area contributed by atoms with Crippen molar-refractivity contribution in [2.75, 3.05) is 5.43 Å². The van der Waals surface area contributed by atoms with Gasteiger partial charge in [0.1, 0.15) is 23.7 Å². The van der Waals surface area contributed by atoms with E-state index in [4.69, 9.17) is 14.1 Å². The van der Waals surface area contributed by atoms with Crippen LogP contribution in [0, 0.1) is 17.1 Å². The molecule has 25 heavy (non-hydrogen) atoms. The molecule has 0 radical (unpaired) electrons. The first-order chi connectivity index (χ1) is 12.0. The van der Waals surface area contributed by atoms with Crippen LogP contribution in [0.2, 0.25) is 0 Å². The third kappa shape index (κ3) is 3.26. The molecule has 0 atom stereocenters. The second-order valence-electron chi connectivity index (χ2n) is 5.53. The van der Waals surface area contributed by atoms with Crippen LogP contribution in [0.15, 0.2) is 43.2 Å². The molecule has 3 rings (SSSR count). The minimum atomic E-state index is -0.534. The van der Waals surface area contributed by atoms with Crippen LogP contribution in [0.3, 0.4) is 0 Å². The minimum Gasteiger partial charge on any atom is -0.463 e. The highest BCUT2D eigenvalue weighted by Gasteiger charge is 2.14. The molecule has 0 unspecified atom stereocenters. The maximum absolute atomic E-state index is 13.3. The van der Waals surface area contributed by atoms with Gasteiger partial charge in [0.25, 0.3) is 5.88 Å². The lowest BCUT2D eigenvalue weighted by atomic mass is 10.2. The molecule has 0 spiro atoms.